The number of nitrogens with zero attached hydrogens (tertiary/aromatic N) is 2. The molecule has 0 bridgehead atoms. The summed E-state index contributed by atoms with van der Waals surface area (Å²) in [6, 6.07) is 0. The Bertz CT molecular complexity index is 495. The van der Waals surface area contributed by atoms with Crippen molar-refractivity contribution >= 4 is 18.3 Å². The Hall–Kier alpha value is -1.07. The van der Waals surface area contributed by atoms with Crippen molar-refractivity contribution in [2.24, 2.45) is 11.8 Å². The van der Waals surface area contributed by atoms with Gasteiger partial charge in [0, 0.05) is 44.2 Å². The van der Waals surface area contributed by atoms with Gasteiger partial charge in [-0.15, -0.1) is 12.4 Å². The highest BCUT2D eigenvalue weighted by atomic mass is 35.5. The Morgan fingerprint density at radius 1 is 1.41 bits per heavy atom. The predicted octanol–water partition coefficient (Wildman–Crippen LogP) is 1.85. The van der Waals surface area contributed by atoms with E-state index in [0.29, 0.717) is 18.3 Å². The Kier molecular flexibility index (Phi) is 7.36. The maximum Gasteiger partial charge on any atom is 0.220 e. The molecule has 0 saturated carbocycles. The first-order valence-electron chi connectivity index (χ1n) is 7.97. The van der Waals surface area contributed by atoms with Crippen LogP contribution in [0.2, 0.25) is 0 Å². The molecule has 1 amide bonds. The van der Waals surface area contributed by atoms with Gasteiger partial charge >= 0.3 is 0 Å². The highest BCUT2D eigenvalue weighted by Gasteiger charge is 2.18. The summed E-state index contributed by atoms with van der Waals surface area (Å²) in [6.45, 7) is 12.3. The number of nitrogens with one attached hydrogen (secondary N) is 2. The minimum atomic E-state index is 0. The fourth-order valence-corrected chi connectivity index (χ4v) is 2.70. The van der Waals surface area contributed by atoms with E-state index in [-0.39, 0.29) is 18.3 Å². The lowest BCUT2D eigenvalue weighted by molar-refractivity contribution is -0.121. The van der Waals surface area contributed by atoms with Gasteiger partial charge in [-0.25, -0.2) is 0 Å². The first kappa shape index (κ1) is 19.0. The predicted molar refractivity (Wildman–Crippen MR) is 91.5 cm³/mol. The molecule has 22 heavy (non-hydrogen) atoms. The zero-order valence-electron chi connectivity index (χ0n) is 14.1. The van der Waals surface area contributed by atoms with Crippen molar-refractivity contribution in [1.29, 1.82) is 0 Å². The second kappa shape index (κ2) is 8.53. The lowest BCUT2D eigenvalue weighted by atomic mass is 10.0. The molecule has 5 nitrogen and oxygen atoms in total. The van der Waals surface area contributed by atoms with Crippen LogP contribution in [0, 0.1) is 25.7 Å². The molecule has 0 aromatic carbocycles. The number of aryl methyl sites for hydroxylation is 1. The van der Waals surface area contributed by atoms with E-state index in [4.69, 9.17) is 0 Å². The summed E-state index contributed by atoms with van der Waals surface area (Å²) >= 11 is 0. The third-order valence-corrected chi connectivity index (χ3v) is 4.13. The highest BCUT2D eigenvalue weighted by Crippen LogP contribution is 2.16. The van der Waals surface area contributed by atoms with E-state index in [2.05, 4.69) is 41.2 Å². The molecular formula is C16H29ClN4O. The van der Waals surface area contributed by atoms with Gasteiger partial charge in [-0.3, -0.25) is 9.48 Å². The van der Waals surface area contributed by atoms with Crippen molar-refractivity contribution in [3.8, 4) is 0 Å². The number of rotatable bonds is 7. The molecule has 126 valence electrons. The van der Waals surface area contributed by atoms with E-state index < -0.39 is 0 Å². The third-order valence-electron chi connectivity index (χ3n) is 4.13. The quantitative estimate of drug-likeness (QED) is 0.803. The van der Waals surface area contributed by atoms with Gasteiger partial charge in [-0.05, 0) is 31.7 Å². The summed E-state index contributed by atoms with van der Waals surface area (Å²) in [6.07, 6.45) is 1.33. The normalized spacial score (nSPS) is 14.6. The topological polar surface area (TPSA) is 59.0 Å². The Morgan fingerprint density at radius 2 is 2.09 bits per heavy atom. The standard InChI is InChI=1S/C16H28N4O.ClH/c1-11(2)10-20-13(4)15(12(3)19-20)5-6-16(21)18-9-14-7-17-8-14;/h11,14,17H,5-10H2,1-4H3,(H,18,21);1H. The molecule has 0 unspecified atom stereocenters. The van der Waals surface area contributed by atoms with Crippen molar-refractivity contribution in [3.05, 3.63) is 17.0 Å². The minimum absolute atomic E-state index is 0. The smallest absolute Gasteiger partial charge is 0.220 e. The first-order valence-corrected chi connectivity index (χ1v) is 7.97. The van der Waals surface area contributed by atoms with Gasteiger partial charge in [0.2, 0.25) is 5.91 Å². The average Bonchev–Trinajstić information content (AvgIpc) is 2.59. The first-order chi connectivity index (χ1) is 9.97. The lowest BCUT2D eigenvalue weighted by Crippen LogP contribution is -2.48. The molecule has 2 heterocycles. The zero-order chi connectivity index (χ0) is 15.4. The van der Waals surface area contributed by atoms with Crippen LogP contribution in [0.5, 0.6) is 0 Å². The summed E-state index contributed by atoms with van der Waals surface area (Å²) in [5.74, 6) is 1.35. The van der Waals surface area contributed by atoms with Crippen LogP contribution >= 0.6 is 12.4 Å². The second-order valence-corrected chi connectivity index (χ2v) is 6.55. The Balaban J connectivity index is 0.00000242. The average molecular weight is 329 g/mol. The minimum Gasteiger partial charge on any atom is -0.356 e. The molecule has 0 aliphatic carbocycles. The molecule has 1 saturated heterocycles. The SMILES string of the molecule is Cc1nn(CC(C)C)c(C)c1CCC(=O)NCC1CNC1.Cl. The van der Waals surface area contributed by atoms with Gasteiger partial charge in [-0.2, -0.15) is 5.10 Å². The molecule has 1 aromatic heterocycles. The Morgan fingerprint density at radius 3 is 2.64 bits per heavy atom. The molecule has 2 N–H and O–H groups in total. The van der Waals surface area contributed by atoms with Crippen molar-refractivity contribution in [2.75, 3.05) is 19.6 Å². The van der Waals surface area contributed by atoms with Crippen molar-refractivity contribution in [2.45, 2.75) is 47.1 Å². The maximum absolute atomic E-state index is 11.9. The van der Waals surface area contributed by atoms with Crippen molar-refractivity contribution in [3.63, 3.8) is 0 Å². The van der Waals surface area contributed by atoms with E-state index in [9.17, 15) is 4.79 Å². The van der Waals surface area contributed by atoms with Crippen molar-refractivity contribution < 1.29 is 4.79 Å². The number of amides is 1. The van der Waals surface area contributed by atoms with Gasteiger partial charge in [0.25, 0.3) is 0 Å². The van der Waals surface area contributed by atoms with Crippen LogP contribution in [0.25, 0.3) is 0 Å². The number of carbonyl (C=O) groups excluding carboxylic acids is 1. The maximum atomic E-state index is 11.9. The van der Waals surface area contributed by atoms with Crippen LogP contribution in [0.4, 0.5) is 0 Å². The van der Waals surface area contributed by atoms with Crippen LogP contribution in [0.1, 0.15) is 37.2 Å². The molecule has 0 atom stereocenters. The summed E-state index contributed by atoms with van der Waals surface area (Å²) in [4.78, 5) is 11.9. The molecule has 2 rings (SSSR count). The van der Waals surface area contributed by atoms with Crippen LogP contribution in [0.3, 0.4) is 0 Å². The van der Waals surface area contributed by atoms with E-state index in [0.717, 1.165) is 38.3 Å². The van der Waals surface area contributed by atoms with E-state index in [1.165, 1.54) is 11.3 Å². The van der Waals surface area contributed by atoms with Crippen LogP contribution in [-0.2, 0) is 17.8 Å². The van der Waals surface area contributed by atoms with E-state index in [1.807, 2.05) is 6.92 Å². The monoisotopic (exact) mass is 328 g/mol. The number of halogens is 1. The molecule has 1 aromatic rings. The molecule has 1 aliphatic rings. The summed E-state index contributed by atoms with van der Waals surface area (Å²) < 4.78 is 2.08. The van der Waals surface area contributed by atoms with Gasteiger partial charge in [0.1, 0.15) is 0 Å². The number of hydrogen-bond donors (Lipinski definition) is 2. The third kappa shape index (κ3) is 4.99. The molecule has 1 fully saturated rings. The molecule has 6 heteroatoms. The van der Waals surface area contributed by atoms with Gasteiger partial charge in [0.05, 0.1) is 5.69 Å². The highest BCUT2D eigenvalue weighted by molar-refractivity contribution is 5.85. The lowest BCUT2D eigenvalue weighted by Gasteiger charge is -2.27. The molecule has 0 radical (unpaired) electrons. The van der Waals surface area contributed by atoms with E-state index >= 15 is 0 Å². The largest absolute Gasteiger partial charge is 0.356 e. The number of hydrogen-bond acceptors (Lipinski definition) is 3. The number of carbonyl (C=O) groups is 1. The second-order valence-electron chi connectivity index (χ2n) is 6.55. The van der Waals surface area contributed by atoms with Gasteiger partial charge in [0.15, 0.2) is 0 Å². The summed E-state index contributed by atoms with van der Waals surface area (Å²) in [7, 11) is 0. The van der Waals surface area contributed by atoms with Crippen LogP contribution < -0.4 is 10.6 Å². The summed E-state index contributed by atoms with van der Waals surface area (Å²) in [5.41, 5.74) is 3.50. The Labute approximate surface area is 139 Å². The van der Waals surface area contributed by atoms with E-state index in [1.54, 1.807) is 0 Å². The fraction of sp³-hybridized carbons (Fsp3) is 0.750. The molecular weight excluding hydrogens is 300 g/mol. The summed E-state index contributed by atoms with van der Waals surface area (Å²) in [5, 5.41) is 10.8. The zero-order valence-corrected chi connectivity index (χ0v) is 14.9. The van der Waals surface area contributed by atoms with Crippen molar-refractivity contribution in [1.82, 2.24) is 20.4 Å². The van der Waals surface area contributed by atoms with Crippen LogP contribution in [-0.4, -0.2) is 35.3 Å². The fourth-order valence-electron chi connectivity index (χ4n) is 2.70. The van der Waals surface area contributed by atoms with Gasteiger partial charge in [-0.1, -0.05) is 13.8 Å². The van der Waals surface area contributed by atoms with Crippen LogP contribution in [0.15, 0.2) is 0 Å². The molecule has 1 aliphatic heterocycles. The number of aromatic nitrogens is 2. The van der Waals surface area contributed by atoms with Gasteiger partial charge < -0.3 is 10.6 Å². The molecule has 0 spiro atoms.